The monoisotopic (exact) mass is 376 g/mol. The molecule has 26 heavy (non-hydrogen) atoms. The SMILES string of the molecule is O=COCCC1=CCCCC1N(c1ccc(-n2nccn2)cc1)[SH](=O)=O. The van der Waals surface area contributed by atoms with Crippen LogP contribution in [0.1, 0.15) is 25.7 Å². The second-order valence-corrected chi connectivity index (χ2v) is 6.77. The predicted molar refractivity (Wildman–Crippen MR) is 96.5 cm³/mol. The first-order chi connectivity index (χ1) is 12.7. The minimum Gasteiger partial charge on any atom is -0.468 e. The van der Waals surface area contributed by atoms with E-state index in [9.17, 15) is 13.2 Å². The predicted octanol–water partition coefficient (Wildman–Crippen LogP) is 1.64. The fourth-order valence-electron chi connectivity index (χ4n) is 3.17. The van der Waals surface area contributed by atoms with Gasteiger partial charge in [-0.05, 0) is 49.1 Å². The molecular weight excluding hydrogens is 356 g/mol. The molecule has 0 N–H and O–H groups in total. The molecule has 0 radical (unpaired) electrons. The van der Waals surface area contributed by atoms with Crippen molar-refractivity contribution >= 4 is 23.0 Å². The third kappa shape index (κ3) is 4.10. The summed E-state index contributed by atoms with van der Waals surface area (Å²) in [7, 11) is -2.82. The molecule has 1 unspecified atom stereocenters. The van der Waals surface area contributed by atoms with Crippen LogP contribution in [-0.2, 0) is 20.4 Å². The van der Waals surface area contributed by atoms with Crippen LogP contribution < -0.4 is 4.31 Å². The first kappa shape index (κ1) is 18.1. The summed E-state index contributed by atoms with van der Waals surface area (Å²) in [6.45, 7) is 0.658. The number of carbonyl (C=O) groups is 1. The molecule has 1 aliphatic carbocycles. The number of carbonyl (C=O) groups excluding carboxylic acids is 1. The van der Waals surface area contributed by atoms with Gasteiger partial charge in [-0.25, -0.2) is 8.42 Å². The number of ether oxygens (including phenoxy) is 1. The number of rotatable bonds is 8. The van der Waals surface area contributed by atoms with Crippen molar-refractivity contribution in [3.8, 4) is 5.69 Å². The van der Waals surface area contributed by atoms with Crippen LogP contribution in [0, 0.1) is 0 Å². The number of hydrogen-bond donors (Lipinski definition) is 1. The zero-order valence-corrected chi connectivity index (χ0v) is 15.0. The maximum atomic E-state index is 12.0. The molecule has 138 valence electrons. The average Bonchev–Trinajstić information content (AvgIpc) is 3.18. The van der Waals surface area contributed by atoms with E-state index in [1.165, 1.54) is 9.10 Å². The summed E-state index contributed by atoms with van der Waals surface area (Å²) >= 11 is 0. The molecule has 9 heteroatoms. The Morgan fingerprint density at radius 2 is 1.96 bits per heavy atom. The number of thiol groups is 1. The lowest BCUT2D eigenvalue weighted by Crippen LogP contribution is -2.37. The van der Waals surface area contributed by atoms with Gasteiger partial charge in [-0.15, -0.1) is 0 Å². The molecule has 0 bridgehead atoms. The van der Waals surface area contributed by atoms with Crippen LogP contribution in [0.25, 0.3) is 5.69 Å². The normalized spacial score (nSPS) is 17.0. The molecule has 0 saturated carbocycles. The highest BCUT2D eigenvalue weighted by Crippen LogP contribution is 2.30. The number of anilines is 1. The highest BCUT2D eigenvalue weighted by Gasteiger charge is 2.26. The van der Waals surface area contributed by atoms with E-state index in [0.29, 0.717) is 18.6 Å². The summed E-state index contributed by atoms with van der Waals surface area (Å²) in [5.41, 5.74) is 2.32. The zero-order chi connectivity index (χ0) is 18.4. The number of hydrogen-bond acceptors (Lipinski definition) is 6. The Bertz CT molecular complexity index is 823. The Hall–Kier alpha value is -2.68. The molecule has 0 aliphatic heterocycles. The number of nitrogens with zero attached hydrogens (tertiary/aromatic N) is 4. The molecule has 8 nitrogen and oxygen atoms in total. The van der Waals surface area contributed by atoms with Crippen LogP contribution in [0.4, 0.5) is 5.69 Å². The molecule has 2 aromatic rings. The van der Waals surface area contributed by atoms with E-state index >= 15 is 0 Å². The van der Waals surface area contributed by atoms with E-state index in [2.05, 4.69) is 16.3 Å². The molecule has 0 fully saturated rings. The number of aromatic nitrogens is 3. The lowest BCUT2D eigenvalue weighted by molar-refractivity contribution is -0.128. The summed E-state index contributed by atoms with van der Waals surface area (Å²) in [4.78, 5) is 11.8. The molecule has 0 spiro atoms. The smallest absolute Gasteiger partial charge is 0.293 e. The molecular formula is C17H20N4O4S. The van der Waals surface area contributed by atoms with Gasteiger partial charge >= 0.3 is 0 Å². The Labute approximate surface area is 153 Å². The van der Waals surface area contributed by atoms with E-state index in [1.54, 1.807) is 36.7 Å². The van der Waals surface area contributed by atoms with Gasteiger partial charge in [-0.2, -0.15) is 15.0 Å². The van der Waals surface area contributed by atoms with Crippen LogP contribution in [0.3, 0.4) is 0 Å². The van der Waals surface area contributed by atoms with Crippen molar-refractivity contribution in [3.05, 3.63) is 48.3 Å². The fourth-order valence-corrected chi connectivity index (χ4v) is 3.98. The van der Waals surface area contributed by atoms with Gasteiger partial charge in [-0.1, -0.05) is 6.08 Å². The van der Waals surface area contributed by atoms with E-state index in [-0.39, 0.29) is 12.6 Å². The molecule has 1 aromatic carbocycles. The number of allylic oxidation sites excluding steroid dienone is 1. The van der Waals surface area contributed by atoms with Crippen LogP contribution in [-0.4, -0.2) is 42.5 Å². The van der Waals surface area contributed by atoms with Crippen molar-refractivity contribution in [2.45, 2.75) is 31.7 Å². The van der Waals surface area contributed by atoms with E-state index in [0.717, 1.165) is 30.5 Å². The Morgan fingerprint density at radius 1 is 1.23 bits per heavy atom. The van der Waals surface area contributed by atoms with Crippen LogP contribution >= 0.6 is 0 Å². The van der Waals surface area contributed by atoms with Gasteiger partial charge in [0, 0.05) is 6.42 Å². The molecule has 1 atom stereocenters. The Kier molecular flexibility index (Phi) is 6.00. The third-order valence-electron chi connectivity index (χ3n) is 4.33. The molecule has 1 heterocycles. The minimum atomic E-state index is -2.82. The van der Waals surface area contributed by atoms with Crippen molar-refractivity contribution < 1.29 is 17.9 Å². The molecule has 1 aliphatic rings. The quantitative estimate of drug-likeness (QED) is 0.326. The maximum absolute atomic E-state index is 12.0. The largest absolute Gasteiger partial charge is 0.468 e. The molecule has 3 rings (SSSR count). The minimum absolute atomic E-state index is 0.249. The average molecular weight is 376 g/mol. The zero-order valence-electron chi connectivity index (χ0n) is 14.1. The first-order valence-corrected chi connectivity index (χ1v) is 9.48. The summed E-state index contributed by atoms with van der Waals surface area (Å²) in [6.07, 6.45) is 8.29. The van der Waals surface area contributed by atoms with Crippen molar-refractivity contribution in [2.24, 2.45) is 0 Å². The van der Waals surface area contributed by atoms with Gasteiger partial charge < -0.3 is 4.74 Å². The lowest BCUT2D eigenvalue weighted by atomic mass is 9.92. The van der Waals surface area contributed by atoms with Crippen molar-refractivity contribution in [2.75, 3.05) is 10.9 Å². The maximum Gasteiger partial charge on any atom is 0.293 e. The van der Waals surface area contributed by atoms with E-state index < -0.39 is 10.9 Å². The lowest BCUT2D eigenvalue weighted by Gasteiger charge is -2.33. The van der Waals surface area contributed by atoms with Gasteiger partial charge in [0.2, 0.25) is 10.9 Å². The van der Waals surface area contributed by atoms with Gasteiger partial charge in [0.1, 0.15) is 0 Å². The summed E-state index contributed by atoms with van der Waals surface area (Å²) in [5, 5.41) is 8.12. The molecule has 1 aromatic heterocycles. The number of benzene rings is 1. The van der Waals surface area contributed by atoms with Gasteiger partial charge in [0.15, 0.2) is 0 Å². The second kappa shape index (κ2) is 8.61. The molecule has 0 saturated heterocycles. The van der Waals surface area contributed by atoms with E-state index in [4.69, 9.17) is 4.74 Å². The van der Waals surface area contributed by atoms with Gasteiger partial charge in [-0.3, -0.25) is 9.10 Å². The van der Waals surface area contributed by atoms with Gasteiger partial charge in [0.05, 0.1) is 36.4 Å². The summed E-state index contributed by atoms with van der Waals surface area (Å²) < 4.78 is 30.2. The van der Waals surface area contributed by atoms with Crippen molar-refractivity contribution in [3.63, 3.8) is 0 Å². The highest BCUT2D eigenvalue weighted by molar-refractivity contribution is 7.74. The second-order valence-electron chi connectivity index (χ2n) is 5.86. The third-order valence-corrected chi connectivity index (χ3v) is 5.19. The summed E-state index contributed by atoms with van der Waals surface area (Å²) in [6, 6.07) is 6.80. The van der Waals surface area contributed by atoms with Gasteiger partial charge in [0.25, 0.3) is 6.47 Å². The topological polar surface area (TPSA) is 94.4 Å². The first-order valence-electron chi connectivity index (χ1n) is 8.35. The van der Waals surface area contributed by atoms with Crippen LogP contribution in [0.15, 0.2) is 48.3 Å². The highest BCUT2D eigenvalue weighted by atomic mass is 32.2. The van der Waals surface area contributed by atoms with Crippen LogP contribution in [0.5, 0.6) is 0 Å². The Morgan fingerprint density at radius 3 is 2.62 bits per heavy atom. The van der Waals surface area contributed by atoms with Crippen molar-refractivity contribution in [1.29, 1.82) is 0 Å². The Balaban J connectivity index is 1.85. The summed E-state index contributed by atoms with van der Waals surface area (Å²) in [5.74, 6) is 0. The molecule has 0 amide bonds. The van der Waals surface area contributed by atoms with Crippen LogP contribution in [0.2, 0.25) is 0 Å². The van der Waals surface area contributed by atoms with E-state index in [1.807, 2.05) is 0 Å². The standard InChI is InChI=1S/C17H20N4O4S/c22-13-25-12-9-14-3-1-2-4-17(14)20(26(23)24)15-5-7-16(8-6-15)21-18-10-11-19-21/h3,5-8,10-11,13,17,26H,1-2,4,9,12H2. The fraction of sp³-hybridized carbons (Fsp3) is 0.353. The van der Waals surface area contributed by atoms with Crippen molar-refractivity contribution in [1.82, 2.24) is 15.0 Å².